The average Bonchev–Trinajstić information content (AvgIpc) is 2.27. The highest BCUT2D eigenvalue weighted by Crippen LogP contribution is 2.30. The van der Waals surface area contributed by atoms with Crippen LogP contribution in [0.15, 0.2) is 24.3 Å². The topological polar surface area (TPSA) is 55.8 Å². The fourth-order valence-corrected chi connectivity index (χ4v) is 1.27. The number of halogens is 3. The van der Waals surface area contributed by atoms with E-state index in [9.17, 15) is 23.1 Å². The molecule has 0 aliphatic heterocycles. The van der Waals surface area contributed by atoms with Crippen LogP contribution in [0.1, 0.15) is 18.6 Å². The molecule has 0 saturated carbocycles. The third-order valence-corrected chi connectivity index (χ3v) is 1.95. The van der Waals surface area contributed by atoms with Gasteiger partial charge in [-0.25, -0.2) is 4.79 Å². The van der Waals surface area contributed by atoms with Gasteiger partial charge in [-0.15, -0.1) is 13.2 Å². The van der Waals surface area contributed by atoms with Gasteiger partial charge in [0, 0.05) is 5.56 Å². The smallest absolute Gasteiger partial charge is 0.464 e. The Kier molecular flexibility index (Phi) is 4.55. The summed E-state index contributed by atoms with van der Waals surface area (Å²) in [5.74, 6) is -1.67. The van der Waals surface area contributed by atoms with E-state index >= 15 is 0 Å². The number of carbonyl (C=O) groups is 1. The zero-order valence-corrected chi connectivity index (χ0v) is 9.40. The van der Waals surface area contributed by atoms with Gasteiger partial charge in [-0.05, 0) is 13.0 Å². The largest absolute Gasteiger partial charge is 0.573 e. The lowest BCUT2D eigenvalue weighted by atomic mass is 10.1. The number of hydrogen-bond acceptors (Lipinski definition) is 4. The van der Waals surface area contributed by atoms with Crippen molar-refractivity contribution in [1.82, 2.24) is 0 Å². The number of hydrogen-bond donors (Lipinski definition) is 1. The summed E-state index contributed by atoms with van der Waals surface area (Å²) in [6, 6.07) is 4.83. The SMILES string of the molecule is CCOC(=O)C(O)c1ccccc1OC(F)(F)F. The second-order valence-electron chi connectivity index (χ2n) is 3.24. The van der Waals surface area contributed by atoms with Crippen molar-refractivity contribution in [3.05, 3.63) is 29.8 Å². The van der Waals surface area contributed by atoms with Crippen LogP contribution in [-0.2, 0) is 9.53 Å². The number of aliphatic hydroxyl groups excluding tert-OH is 1. The van der Waals surface area contributed by atoms with E-state index < -0.39 is 24.2 Å². The summed E-state index contributed by atoms with van der Waals surface area (Å²) in [6.45, 7) is 1.53. The molecule has 1 aromatic carbocycles. The third-order valence-electron chi connectivity index (χ3n) is 1.95. The minimum absolute atomic E-state index is 0.0121. The van der Waals surface area contributed by atoms with Crippen LogP contribution in [0.4, 0.5) is 13.2 Å². The van der Waals surface area contributed by atoms with Crippen LogP contribution in [-0.4, -0.2) is 24.0 Å². The molecule has 1 aromatic rings. The first-order chi connectivity index (χ1) is 8.35. The molecule has 0 radical (unpaired) electrons. The molecule has 100 valence electrons. The van der Waals surface area contributed by atoms with Crippen molar-refractivity contribution < 1.29 is 32.5 Å². The molecule has 1 atom stereocenters. The summed E-state index contributed by atoms with van der Waals surface area (Å²) in [4.78, 5) is 11.3. The van der Waals surface area contributed by atoms with Crippen LogP contribution in [0.3, 0.4) is 0 Å². The molecular weight excluding hydrogens is 253 g/mol. The molecule has 4 nitrogen and oxygen atoms in total. The van der Waals surface area contributed by atoms with Crippen molar-refractivity contribution in [3.8, 4) is 5.75 Å². The van der Waals surface area contributed by atoms with E-state index in [1.165, 1.54) is 19.1 Å². The van der Waals surface area contributed by atoms with E-state index in [0.717, 1.165) is 12.1 Å². The van der Waals surface area contributed by atoms with E-state index in [-0.39, 0.29) is 12.2 Å². The van der Waals surface area contributed by atoms with Gasteiger partial charge in [-0.3, -0.25) is 0 Å². The van der Waals surface area contributed by atoms with E-state index in [1.807, 2.05) is 0 Å². The van der Waals surface area contributed by atoms with Gasteiger partial charge in [0.15, 0.2) is 6.10 Å². The Morgan fingerprint density at radius 3 is 2.56 bits per heavy atom. The van der Waals surface area contributed by atoms with Crippen molar-refractivity contribution in [3.63, 3.8) is 0 Å². The number of alkyl halides is 3. The average molecular weight is 264 g/mol. The molecular formula is C11H11F3O4. The molecule has 7 heteroatoms. The summed E-state index contributed by atoms with van der Waals surface area (Å²) in [6.07, 6.45) is -6.71. The van der Waals surface area contributed by atoms with Gasteiger partial charge in [0.05, 0.1) is 6.61 Å². The molecule has 1 N–H and O–H groups in total. The molecule has 0 spiro atoms. The second-order valence-corrected chi connectivity index (χ2v) is 3.24. The van der Waals surface area contributed by atoms with Crippen molar-refractivity contribution in [2.75, 3.05) is 6.61 Å². The number of aliphatic hydroxyl groups is 1. The third kappa shape index (κ3) is 3.92. The highest BCUT2D eigenvalue weighted by molar-refractivity contribution is 5.77. The van der Waals surface area contributed by atoms with Gasteiger partial charge >= 0.3 is 12.3 Å². The fraction of sp³-hybridized carbons (Fsp3) is 0.364. The lowest BCUT2D eigenvalue weighted by Gasteiger charge is -2.16. The van der Waals surface area contributed by atoms with Crippen molar-refractivity contribution in [2.24, 2.45) is 0 Å². The predicted octanol–water partition coefficient (Wildman–Crippen LogP) is 2.18. The lowest BCUT2D eigenvalue weighted by Crippen LogP contribution is -2.21. The van der Waals surface area contributed by atoms with E-state index in [4.69, 9.17) is 0 Å². The first kappa shape index (κ1) is 14.3. The molecule has 0 aromatic heterocycles. The molecule has 0 saturated heterocycles. The molecule has 0 amide bonds. The molecule has 0 aliphatic carbocycles. The van der Waals surface area contributed by atoms with Crippen LogP contribution < -0.4 is 4.74 Å². The number of para-hydroxylation sites is 1. The van der Waals surface area contributed by atoms with Crippen molar-refractivity contribution >= 4 is 5.97 Å². The van der Waals surface area contributed by atoms with E-state index in [1.54, 1.807) is 0 Å². The number of carbonyl (C=O) groups excluding carboxylic acids is 1. The lowest BCUT2D eigenvalue weighted by molar-refractivity contribution is -0.275. The number of benzene rings is 1. The monoisotopic (exact) mass is 264 g/mol. The first-order valence-electron chi connectivity index (χ1n) is 5.04. The van der Waals surface area contributed by atoms with Gasteiger partial charge in [0.1, 0.15) is 5.75 Å². The van der Waals surface area contributed by atoms with E-state index in [2.05, 4.69) is 9.47 Å². The maximum atomic E-state index is 12.1. The molecule has 18 heavy (non-hydrogen) atoms. The van der Waals surface area contributed by atoms with Gasteiger partial charge in [-0.2, -0.15) is 0 Å². The summed E-state index contributed by atoms with van der Waals surface area (Å²) < 4.78 is 44.6. The second kappa shape index (κ2) is 5.72. The zero-order valence-electron chi connectivity index (χ0n) is 9.40. The maximum absolute atomic E-state index is 12.1. The fourth-order valence-electron chi connectivity index (χ4n) is 1.27. The Bertz CT molecular complexity index is 417. The van der Waals surface area contributed by atoms with Gasteiger partial charge in [0.25, 0.3) is 0 Å². The molecule has 0 heterocycles. The highest BCUT2D eigenvalue weighted by atomic mass is 19.4. The Morgan fingerprint density at radius 1 is 1.39 bits per heavy atom. The summed E-state index contributed by atoms with van der Waals surface area (Å²) in [7, 11) is 0. The predicted molar refractivity (Wildman–Crippen MR) is 54.7 cm³/mol. The number of rotatable bonds is 4. The molecule has 1 unspecified atom stereocenters. The van der Waals surface area contributed by atoms with E-state index in [0.29, 0.717) is 0 Å². The maximum Gasteiger partial charge on any atom is 0.573 e. The molecule has 0 fully saturated rings. The molecule has 0 aliphatic rings. The van der Waals surface area contributed by atoms with Crippen LogP contribution in [0.25, 0.3) is 0 Å². The van der Waals surface area contributed by atoms with Crippen molar-refractivity contribution in [2.45, 2.75) is 19.4 Å². The highest BCUT2D eigenvalue weighted by Gasteiger charge is 2.33. The van der Waals surface area contributed by atoms with Crippen LogP contribution >= 0.6 is 0 Å². The number of ether oxygens (including phenoxy) is 2. The first-order valence-corrected chi connectivity index (χ1v) is 5.04. The Balaban J connectivity index is 2.98. The Morgan fingerprint density at radius 2 is 2.00 bits per heavy atom. The minimum Gasteiger partial charge on any atom is -0.464 e. The summed E-state index contributed by atoms with van der Waals surface area (Å²) in [5, 5.41) is 9.58. The molecule has 0 bridgehead atoms. The van der Waals surface area contributed by atoms with Gasteiger partial charge < -0.3 is 14.6 Å². The minimum atomic E-state index is -4.90. The van der Waals surface area contributed by atoms with Gasteiger partial charge in [0.2, 0.25) is 0 Å². The van der Waals surface area contributed by atoms with Crippen LogP contribution in [0.2, 0.25) is 0 Å². The number of esters is 1. The summed E-state index contributed by atoms with van der Waals surface area (Å²) in [5.41, 5.74) is -0.298. The van der Waals surface area contributed by atoms with Crippen molar-refractivity contribution in [1.29, 1.82) is 0 Å². The van der Waals surface area contributed by atoms with Gasteiger partial charge in [-0.1, -0.05) is 18.2 Å². The Labute approximate surface area is 101 Å². The van der Waals surface area contributed by atoms with Crippen LogP contribution in [0, 0.1) is 0 Å². The zero-order chi connectivity index (χ0) is 13.8. The normalized spacial score (nSPS) is 12.9. The standard InChI is InChI=1S/C11H11F3O4/c1-2-17-10(16)9(15)7-5-3-4-6-8(7)18-11(12,13)14/h3-6,9,15H,2H2,1H3. The Hall–Kier alpha value is -1.76. The quantitative estimate of drug-likeness (QED) is 0.847. The summed E-state index contributed by atoms with van der Waals surface area (Å²) >= 11 is 0. The molecule has 1 rings (SSSR count). The van der Waals surface area contributed by atoms with Crippen LogP contribution in [0.5, 0.6) is 5.75 Å².